The smallest absolute Gasteiger partial charge is 0.332 e. The molecule has 6 heteroatoms. The van der Waals surface area contributed by atoms with Crippen molar-refractivity contribution in [1.82, 2.24) is 0 Å². The van der Waals surface area contributed by atoms with Gasteiger partial charge in [0.1, 0.15) is 12.1 Å². The number of benzene rings is 1. The fraction of sp³-hybridized carbons (Fsp3) is 0.312. The maximum absolute atomic E-state index is 12.4. The highest BCUT2D eigenvalue weighted by Gasteiger charge is 2.21. The molecule has 1 heterocycles. The van der Waals surface area contributed by atoms with E-state index < -0.39 is 0 Å². The highest BCUT2D eigenvalue weighted by Crippen LogP contribution is 2.12. The summed E-state index contributed by atoms with van der Waals surface area (Å²) in [5.74, 6) is -0.364. The van der Waals surface area contributed by atoms with Gasteiger partial charge in [-0.1, -0.05) is 41.2 Å². The van der Waals surface area contributed by atoms with Gasteiger partial charge >= 0.3 is 11.1 Å². The summed E-state index contributed by atoms with van der Waals surface area (Å²) in [5, 5.41) is 2.29. The lowest BCUT2D eigenvalue weighted by Gasteiger charge is -2.04. The fourth-order valence-corrected chi connectivity index (χ4v) is 2.82. The van der Waals surface area contributed by atoms with Crippen LogP contribution in [0.5, 0.6) is 0 Å². The minimum atomic E-state index is -0.322. The zero-order valence-corrected chi connectivity index (χ0v) is 13.5. The number of thiazole rings is 1. The Morgan fingerprint density at radius 2 is 1.95 bits per heavy atom. The maximum atomic E-state index is 12.4. The molecule has 0 aliphatic heterocycles. The summed E-state index contributed by atoms with van der Waals surface area (Å²) < 4.78 is 6.61. The molecule has 0 radical (unpaired) electrons. The molecule has 0 saturated carbocycles. The Morgan fingerprint density at radius 3 is 2.59 bits per heavy atom. The summed E-state index contributed by atoms with van der Waals surface area (Å²) in [6, 6.07) is 7.39. The van der Waals surface area contributed by atoms with Gasteiger partial charge in [0.2, 0.25) is 5.78 Å². The number of anilines is 1. The molecule has 0 aliphatic carbocycles. The van der Waals surface area contributed by atoms with E-state index in [1.807, 2.05) is 19.1 Å². The molecule has 1 aromatic heterocycles. The van der Waals surface area contributed by atoms with Crippen molar-refractivity contribution in [3.63, 3.8) is 0 Å². The number of esters is 1. The van der Waals surface area contributed by atoms with Crippen LogP contribution < -0.4 is 10.3 Å². The average molecular weight is 319 g/mol. The van der Waals surface area contributed by atoms with E-state index in [0.717, 1.165) is 5.56 Å². The van der Waals surface area contributed by atoms with Gasteiger partial charge in [-0.15, -0.1) is 0 Å². The van der Waals surface area contributed by atoms with Crippen molar-refractivity contribution in [1.29, 1.82) is 0 Å². The van der Waals surface area contributed by atoms with Crippen molar-refractivity contribution in [3.8, 4) is 0 Å². The Kier molecular flexibility index (Phi) is 5.27. The number of ether oxygens (including phenoxy) is 1. The van der Waals surface area contributed by atoms with Crippen molar-refractivity contribution in [2.45, 2.75) is 26.8 Å². The second kappa shape index (κ2) is 7.17. The molecule has 0 fully saturated rings. The van der Waals surface area contributed by atoms with Gasteiger partial charge in [-0.05, 0) is 13.8 Å². The number of carbonyl (C=O) groups is 2. The molecular weight excluding hydrogens is 300 g/mol. The Bertz CT molecular complexity index is 677. The van der Waals surface area contributed by atoms with Gasteiger partial charge in [0, 0.05) is 10.9 Å². The Labute approximate surface area is 133 Å². The summed E-state index contributed by atoms with van der Waals surface area (Å²) in [5.41, 5.74) is 8.34. The fourth-order valence-electron chi connectivity index (χ4n) is 2.05. The number of hydrogen-bond donors (Lipinski definition) is 1. The molecule has 0 bridgehead atoms. The quantitative estimate of drug-likeness (QED) is 0.501. The first-order chi connectivity index (χ1) is 10.5. The van der Waals surface area contributed by atoms with E-state index in [0.29, 0.717) is 23.0 Å². The van der Waals surface area contributed by atoms with Gasteiger partial charge in [-0.3, -0.25) is 15.3 Å². The average Bonchev–Trinajstić information content (AvgIpc) is 2.81. The van der Waals surface area contributed by atoms with Crippen LogP contribution in [0.3, 0.4) is 0 Å². The minimum Gasteiger partial charge on any atom is -0.466 e. The van der Waals surface area contributed by atoms with Gasteiger partial charge in [0.15, 0.2) is 6.54 Å². The van der Waals surface area contributed by atoms with E-state index in [1.165, 1.54) is 11.3 Å². The first-order valence-corrected chi connectivity index (χ1v) is 7.90. The van der Waals surface area contributed by atoms with E-state index in [-0.39, 0.29) is 24.7 Å². The van der Waals surface area contributed by atoms with Crippen LogP contribution in [0, 0.1) is 6.92 Å². The molecule has 0 atom stereocenters. The summed E-state index contributed by atoms with van der Waals surface area (Å²) in [4.78, 5) is 24.0. The second-order valence-electron chi connectivity index (χ2n) is 4.92. The largest absolute Gasteiger partial charge is 0.466 e. The van der Waals surface area contributed by atoms with Gasteiger partial charge in [0.05, 0.1) is 6.61 Å². The lowest BCUT2D eigenvalue weighted by atomic mass is 10.1. The molecule has 2 N–H and O–H groups in total. The van der Waals surface area contributed by atoms with Crippen LogP contribution in [0.1, 0.15) is 28.5 Å². The summed E-state index contributed by atoms with van der Waals surface area (Å²) in [7, 11) is 0. The third kappa shape index (κ3) is 3.92. The van der Waals surface area contributed by atoms with E-state index in [4.69, 9.17) is 10.5 Å². The second-order valence-corrected chi connectivity index (χ2v) is 5.81. The molecule has 116 valence electrons. The van der Waals surface area contributed by atoms with E-state index >= 15 is 0 Å². The van der Waals surface area contributed by atoms with Crippen molar-refractivity contribution >= 4 is 28.2 Å². The van der Waals surface area contributed by atoms with Crippen molar-refractivity contribution in [3.05, 3.63) is 46.5 Å². The normalized spacial score (nSPS) is 10.5. The molecule has 1 aromatic carbocycles. The predicted octanol–water partition coefficient (Wildman–Crippen LogP) is 1.91. The van der Waals surface area contributed by atoms with Crippen LogP contribution >= 0.6 is 11.3 Å². The number of aromatic nitrogens is 1. The lowest BCUT2D eigenvalue weighted by Crippen LogP contribution is -2.43. The molecular formula is C16H19N2O3S+. The van der Waals surface area contributed by atoms with Gasteiger partial charge in [0.25, 0.3) is 0 Å². The number of hydrogen-bond acceptors (Lipinski definition) is 5. The van der Waals surface area contributed by atoms with Gasteiger partial charge in [-0.2, -0.15) is 0 Å². The predicted molar refractivity (Wildman–Crippen MR) is 84.8 cm³/mol. The number of Topliss-reactive ketones (excluding diaryl/α,β-unsaturated/α-hetero) is 1. The summed E-state index contributed by atoms with van der Waals surface area (Å²) in [6.45, 7) is 4.18. The van der Waals surface area contributed by atoms with Crippen LogP contribution in [-0.4, -0.2) is 18.4 Å². The standard InChI is InChI=1S/C16H18N2O3S/c1-3-21-15(20)8-13-10-22-16(17)18(13)9-14(19)12-6-4-11(2)5-7-12/h4-7,10,17H,3,8-9H2,1-2H3/p+1. The molecule has 0 saturated heterocycles. The van der Waals surface area contributed by atoms with Crippen LogP contribution in [-0.2, 0) is 22.5 Å². The van der Waals surface area contributed by atoms with E-state index in [9.17, 15) is 9.59 Å². The molecule has 0 spiro atoms. The first kappa shape index (κ1) is 16.2. The number of carbonyl (C=O) groups excluding carboxylic acids is 2. The number of nitrogens with two attached hydrogens (primary N) is 1. The number of ketones is 1. The maximum Gasteiger partial charge on any atom is 0.332 e. The number of nitrogen functional groups attached to an aromatic ring is 1. The van der Waals surface area contributed by atoms with Crippen LogP contribution in [0.15, 0.2) is 29.6 Å². The topological polar surface area (TPSA) is 73.3 Å². The first-order valence-electron chi connectivity index (χ1n) is 7.02. The molecule has 22 heavy (non-hydrogen) atoms. The lowest BCUT2D eigenvalue weighted by molar-refractivity contribution is -0.671. The monoisotopic (exact) mass is 319 g/mol. The molecule has 2 rings (SSSR count). The van der Waals surface area contributed by atoms with Gasteiger partial charge in [-0.25, -0.2) is 4.57 Å². The van der Waals surface area contributed by atoms with Crippen LogP contribution in [0.2, 0.25) is 0 Å². The number of rotatable bonds is 6. The Morgan fingerprint density at radius 1 is 1.27 bits per heavy atom. The number of aryl methyl sites for hydroxylation is 1. The minimum absolute atomic E-state index is 0.0415. The Balaban J connectivity index is 2.15. The van der Waals surface area contributed by atoms with Crippen LogP contribution in [0.4, 0.5) is 5.13 Å². The summed E-state index contributed by atoms with van der Waals surface area (Å²) >= 11 is 1.31. The highest BCUT2D eigenvalue weighted by atomic mass is 32.1. The zero-order valence-electron chi connectivity index (χ0n) is 12.7. The molecule has 0 amide bonds. The van der Waals surface area contributed by atoms with Crippen molar-refractivity contribution < 1.29 is 18.9 Å². The van der Waals surface area contributed by atoms with Crippen molar-refractivity contribution in [2.75, 3.05) is 12.3 Å². The number of nitrogens with zero attached hydrogens (tertiary/aromatic N) is 1. The van der Waals surface area contributed by atoms with Crippen molar-refractivity contribution in [2.24, 2.45) is 0 Å². The third-order valence-corrected chi connectivity index (χ3v) is 4.09. The molecule has 0 unspecified atom stereocenters. The highest BCUT2D eigenvalue weighted by molar-refractivity contribution is 7.13. The summed E-state index contributed by atoms with van der Waals surface area (Å²) in [6.07, 6.45) is 0.114. The van der Waals surface area contributed by atoms with E-state index in [1.54, 1.807) is 29.0 Å². The third-order valence-electron chi connectivity index (χ3n) is 3.23. The van der Waals surface area contributed by atoms with Crippen LogP contribution in [0.25, 0.3) is 0 Å². The van der Waals surface area contributed by atoms with Gasteiger partial charge < -0.3 is 4.74 Å². The zero-order chi connectivity index (χ0) is 16.1. The molecule has 0 aliphatic rings. The molecule has 2 aromatic rings. The SMILES string of the molecule is CCOC(=O)Cc1csc(N)[n+]1CC(=O)c1ccc(C)cc1. The molecule has 5 nitrogen and oxygen atoms in total. The Hall–Kier alpha value is -2.21. The van der Waals surface area contributed by atoms with E-state index in [2.05, 4.69) is 0 Å².